The standard InChI is InChI=1S/C18H26N2/c1-5-7-19-16(4)18-6-8-20(13-18)12-17-10-14(2)9-15(3)11-17/h6,8-11,13,16,19H,5,7,12H2,1-4H3. The number of nitrogens with zero attached hydrogens (tertiary/aromatic N) is 1. The third-order valence-corrected chi connectivity index (χ3v) is 3.62. The molecule has 0 fully saturated rings. The van der Waals surface area contributed by atoms with Gasteiger partial charge in [-0.3, -0.25) is 0 Å². The van der Waals surface area contributed by atoms with E-state index < -0.39 is 0 Å². The van der Waals surface area contributed by atoms with E-state index in [-0.39, 0.29) is 0 Å². The highest BCUT2D eigenvalue weighted by Crippen LogP contribution is 2.15. The maximum Gasteiger partial charge on any atom is 0.0470 e. The molecule has 2 nitrogen and oxygen atoms in total. The largest absolute Gasteiger partial charge is 0.350 e. The second-order valence-electron chi connectivity index (χ2n) is 5.79. The van der Waals surface area contributed by atoms with Crippen LogP contribution in [0.5, 0.6) is 0 Å². The van der Waals surface area contributed by atoms with Crippen LogP contribution in [-0.4, -0.2) is 11.1 Å². The predicted octanol–water partition coefficient (Wildman–Crippen LogP) is 4.21. The van der Waals surface area contributed by atoms with Crippen molar-refractivity contribution in [2.75, 3.05) is 6.54 Å². The maximum atomic E-state index is 3.53. The highest BCUT2D eigenvalue weighted by atomic mass is 15.0. The number of benzene rings is 1. The van der Waals surface area contributed by atoms with Crippen LogP contribution in [0.3, 0.4) is 0 Å². The van der Waals surface area contributed by atoms with E-state index in [0.717, 1.165) is 13.1 Å². The highest BCUT2D eigenvalue weighted by molar-refractivity contribution is 5.29. The Kier molecular flexibility index (Phi) is 5.02. The molecule has 1 aromatic carbocycles. The van der Waals surface area contributed by atoms with Gasteiger partial charge in [-0.05, 0) is 50.9 Å². The van der Waals surface area contributed by atoms with Crippen LogP contribution in [0.2, 0.25) is 0 Å². The van der Waals surface area contributed by atoms with Crippen molar-refractivity contribution >= 4 is 0 Å². The summed E-state index contributed by atoms with van der Waals surface area (Å²) < 4.78 is 2.27. The van der Waals surface area contributed by atoms with Crippen molar-refractivity contribution in [2.24, 2.45) is 0 Å². The van der Waals surface area contributed by atoms with Gasteiger partial charge >= 0.3 is 0 Å². The first-order valence-electron chi connectivity index (χ1n) is 7.54. The van der Waals surface area contributed by atoms with Crippen LogP contribution in [0.1, 0.15) is 48.6 Å². The zero-order chi connectivity index (χ0) is 14.5. The fourth-order valence-electron chi connectivity index (χ4n) is 2.66. The molecule has 0 saturated heterocycles. The van der Waals surface area contributed by atoms with Gasteiger partial charge in [0.05, 0.1) is 0 Å². The molecule has 0 aliphatic heterocycles. The fraction of sp³-hybridized carbons (Fsp3) is 0.444. The third-order valence-electron chi connectivity index (χ3n) is 3.62. The van der Waals surface area contributed by atoms with Crippen LogP contribution < -0.4 is 5.32 Å². The summed E-state index contributed by atoms with van der Waals surface area (Å²) in [7, 11) is 0. The predicted molar refractivity (Wildman–Crippen MR) is 86.2 cm³/mol. The number of aryl methyl sites for hydroxylation is 2. The van der Waals surface area contributed by atoms with E-state index in [2.05, 4.69) is 74.2 Å². The highest BCUT2D eigenvalue weighted by Gasteiger charge is 2.06. The summed E-state index contributed by atoms with van der Waals surface area (Å²) in [6.45, 7) is 10.8. The molecule has 1 heterocycles. The molecule has 0 amide bonds. The minimum atomic E-state index is 0.426. The van der Waals surface area contributed by atoms with E-state index in [4.69, 9.17) is 0 Å². The van der Waals surface area contributed by atoms with Crippen LogP contribution in [0.15, 0.2) is 36.7 Å². The lowest BCUT2D eigenvalue weighted by molar-refractivity contribution is 0.569. The first-order chi connectivity index (χ1) is 9.58. The van der Waals surface area contributed by atoms with Crippen molar-refractivity contribution in [3.05, 3.63) is 58.9 Å². The molecule has 0 radical (unpaired) electrons. The Morgan fingerprint density at radius 3 is 2.50 bits per heavy atom. The van der Waals surface area contributed by atoms with E-state index in [1.807, 2.05) is 0 Å². The molecule has 1 N–H and O–H groups in total. The van der Waals surface area contributed by atoms with Crippen LogP contribution in [-0.2, 0) is 6.54 Å². The van der Waals surface area contributed by atoms with Crippen LogP contribution in [0, 0.1) is 13.8 Å². The van der Waals surface area contributed by atoms with Gasteiger partial charge in [-0.1, -0.05) is 36.2 Å². The smallest absolute Gasteiger partial charge is 0.0470 e. The summed E-state index contributed by atoms with van der Waals surface area (Å²) in [5.41, 5.74) is 5.41. The topological polar surface area (TPSA) is 17.0 Å². The Labute approximate surface area is 122 Å². The monoisotopic (exact) mass is 270 g/mol. The lowest BCUT2D eigenvalue weighted by Gasteiger charge is -2.11. The average Bonchev–Trinajstić information content (AvgIpc) is 2.83. The lowest BCUT2D eigenvalue weighted by atomic mass is 10.1. The minimum Gasteiger partial charge on any atom is -0.350 e. The van der Waals surface area contributed by atoms with Gasteiger partial charge in [-0.15, -0.1) is 0 Å². The van der Waals surface area contributed by atoms with Gasteiger partial charge in [0.25, 0.3) is 0 Å². The molecule has 0 spiro atoms. The van der Waals surface area contributed by atoms with Crippen molar-refractivity contribution in [3.8, 4) is 0 Å². The summed E-state index contributed by atoms with van der Waals surface area (Å²) in [4.78, 5) is 0. The van der Waals surface area contributed by atoms with E-state index in [1.54, 1.807) is 0 Å². The van der Waals surface area contributed by atoms with E-state index in [9.17, 15) is 0 Å². The van der Waals surface area contributed by atoms with Gasteiger partial charge < -0.3 is 9.88 Å². The van der Waals surface area contributed by atoms with Gasteiger partial charge in [0.1, 0.15) is 0 Å². The van der Waals surface area contributed by atoms with Crippen molar-refractivity contribution < 1.29 is 0 Å². The van der Waals surface area contributed by atoms with Crippen molar-refractivity contribution in [1.82, 2.24) is 9.88 Å². The van der Waals surface area contributed by atoms with Gasteiger partial charge in [0.2, 0.25) is 0 Å². The maximum absolute atomic E-state index is 3.53. The summed E-state index contributed by atoms with van der Waals surface area (Å²) in [6.07, 6.45) is 5.61. The molecular formula is C18H26N2. The van der Waals surface area contributed by atoms with Crippen LogP contribution in [0.4, 0.5) is 0 Å². The summed E-state index contributed by atoms with van der Waals surface area (Å²) in [5.74, 6) is 0. The summed E-state index contributed by atoms with van der Waals surface area (Å²) in [5, 5.41) is 3.53. The normalized spacial score (nSPS) is 12.6. The van der Waals surface area contributed by atoms with Crippen molar-refractivity contribution in [2.45, 2.75) is 46.7 Å². The molecule has 2 rings (SSSR count). The number of hydrogen-bond donors (Lipinski definition) is 1. The van der Waals surface area contributed by atoms with Gasteiger partial charge in [-0.25, -0.2) is 0 Å². The molecule has 0 bridgehead atoms. The third kappa shape index (κ3) is 3.97. The average molecular weight is 270 g/mol. The molecule has 0 aliphatic rings. The van der Waals surface area contributed by atoms with Crippen LogP contribution in [0.25, 0.3) is 0 Å². The first kappa shape index (κ1) is 14.9. The second-order valence-corrected chi connectivity index (χ2v) is 5.79. The van der Waals surface area contributed by atoms with Gasteiger partial charge in [-0.2, -0.15) is 0 Å². The Balaban J connectivity index is 2.05. The van der Waals surface area contributed by atoms with Crippen molar-refractivity contribution in [1.29, 1.82) is 0 Å². The van der Waals surface area contributed by atoms with Crippen LogP contribution >= 0.6 is 0 Å². The Morgan fingerprint density at radius 1 is 1.15 bits per heavy atom. The molecule has 2 heteroatoms. The number of aromatic nitrogens is 1. The quantitative estimate of drug-likeness (QED) is 0.832. The molecule has 1 unspecified atom stereocenters. The number of hydrogen-bond acceptors (Lipinski definition) is 1. The second kappa shape index (κ2) is 6.76. The van der Waals surface area contributed by atoms with Gasteiger partial charge in [0, 0.05) is 25.0 Å². The Hall–Kier alpha value is -1.54. The van der Waals surface area contributed by atoms with E-state index in [1.165, 1.54) is 28.7 Å². The summed E-state index contributed by atoms with van der Waals surface area (Å²) in [6, 6.07) is 9.41. The van der Waals surface area contributed by atoms with E-state index >= 15 is 0 Å². The minimum absolute atomic E-state index is 0.426. The zero-order valence-electron chi connectivity index (χ0n) is 13.1. The summed E-state index contributed by atoms with van der Waals surface area (Å²) >= 11 is 0. The number of rotatable bonds is 6. The SMILES string of the molecule is CCCNC(C)c1ccn(Cc2cc(C)cc(C)c2)c1. The molecule has 2 aromatic rings. The first-order valence-corrected chi connectivity index (χ1v) is 7.54. The number of nitrogens with one attached hydrogen (secondary N) is 1. The zero-order valence-corrected chi connectivity index (χ0v) is 13.1. The molecule has 1 aromatic heterocycles. The Morgan fingerprint density at radius 2 is 1.85 bits per heavy atom. The fourth-order valence-corrected chi connectivity index (χ4v) is 2.66. The van der Waals surface area contributed by atoms with Crippen molar-refractivity contribution in [3.63, 3.8) is 0 Å². The molecule has 0 aliphatic carbocycles. The van der Waals surface area contributed by atoms with Gasteiger partial charge in [0.15, 0.2) is 0 Å². The lowest BCUT2D eigenvalue weighted by Crippen LogP contribution is -2.18. The molecule has 1 atom stereocenters. The van der Waals surface area contributed by atoms with E-state index in [0.29, 0.717) is 6.04 Å². The Bertz CT molecular complexity index is 534. The molecule has 108 valence electrons. The molecule has 0 saturated carbocycles. The molecule has 20 heavy (non-hydrogen) atoms. The molecular weight excluding hydrogens is 244 g/mol.